The Morgan fingerprint density at radius 2 is 1.58 bits per heavy atom. The Hall–Kier alpha value is -2.57. The highest BCUT2D eigenvalue weighted by molar-refractivity contribution is 6.30. The third kappa shape index (κ3) is 6.74. The van der Waals surface area contributed by atoms with E-state index >= 15 is 0 Å². The lowest BCUT2D eigenvalue weighted by Gasteiger charge is -2.08. The zero-order chi connectivity index (χ0) is 18.8. The fourth-order valence-electron chi connectivity index (χ4n) is 1.91. The average Bonchev–Trinajstić information content (AvgIpc) is 2.65. The molecule has 0 atom stereocenters. The van der Waals surface area contributed by atoms with Crippen LogP contribution in [-0.2, 0) is 14.3 Å². The molecule has 0 aliphatic rings. The lowest BCUT2D eigenvalue weighted by Crippen LogP contribution is -2.17. The largest absolute Gasteiger partial charge is 0.482 e. The maximum atomic E-state index is 11.8. The van der Waals surface area contributed by atoms with E-state index in [9.17, 15) is 9.59 Å². The van der Waals surface area contributed by atoms with Gasteiger partial charge >= 0.3 is 11.9 Å². The highest BCUT2D eigenvalue weighted by atomic mass is 35.5. The van der Waals surface area contributed by atoms with Crippen molar-refractivity contribution in [1.82, 2.24) is 0 Å². The number of rotatable bonds is 9. The van der Waals surface area contributed by atoms with Gasteiger partial charge in [-0.25, -0.2) is 9.59 Å². The van der Waals surface area contributed by atoms with Gasteiger partial charge in [-0.2, -0.15) is 0 Å². The average molecular weight is 379 g/mol. The molecule has 0 spiro atoms. The summed E-state index contributed by atoms with van der Waals surface area (Å²) in [5.41, 5.74) is 0.360. The topological polar surface area (TPSA) is 71.1 Å². The first-order chi connectivity index (χ1) is 12.6. The number of carbonyl (C=O) groups excluding carboxylic acids is 2. The summed E-state index contributed by atoms with van der Waals surface area (Å²) in [4.78, 5) is 23.6. The molecular weight excluding hydrogens is 360 g/mol. The fourth-order valence-corrected chi connectivity index (χ4v) is 2.04. The molecule has 0 N–H and O–H groups in total. The minimum Gasteiger partial charge on any atom is -0.482 e. The van der Waals surface area contributed by atoms with Crippen LogP contribution in [-0.4, -0.2) is 38.4 Å². The predicted octanol–water partition coefficient (Wildman–Crippen LogP) is 3.52. The highest BCUT2D eigenvalue weighted by Gasteiger charge is 2.10. The Balaban J connectivity index is 1.77. The first-order valence-electron chi connectivity index (χ1n) is 8.02. The van der Waals surface area contributed by atoms with Gasteiger partial charge in [-0.15, -0.1) is 0 Å². The van der Waals surface area contributed by atoms with Gasteiger partial charge in [0.2, 0.25) is 0 Å². The van der Waals surface area contributed by atoms with Crippen LogP contribution in [0.4, 0.5) is 0 Å². The summed E-state index contributed by atoms with van der Waals surface area (Å²) < 4.78 is 20.6. The van der Waals surface area contributed by atoms with Gasteiger partial charge in [-0.1, -0.05) is 11.6 Å². The number of carbonyl (C=O) groups is 2. The summed E-state index contributed by atoms with van der Waals surface area (Å²) >= 11 is 5.77. The van der Waals surface area contributed by atoms with Gasteiger partial charge in [-0.05, 0) is 55.5 Å². The van der Waals surface area contributed by atoms with Crippen molar-refractivity contribution in [2.45, 2.75) is 6.92 Å². The van der Waals surface area contributed by atoms with Crippen LogP contribution in [0.3, 0.4) is 0 Å². The molecular formula is C19H19ClO6. The normalized spacial score (nSPS) is 10.2. The summed E-state index contributed by atoms with van der Waals surface area (Å²) in [6, 6.07) is 12.7. The molecule has 0 unspecified atom stereocenters. The molecule has 2 rings (SSSR count). The Labute approximate surface area is 156 Å². The zero-order valence-corrected chi connectivity index (χ0v) is 15.0. The maximum Gasteiger partial charge on any atom is 0.349 e. The van der Waals surface area contributed by atoms with E-state index < -0.39 is 11.9 Å². The summed E-state index contributed by atoms with van der Waals surface area (Å²) in [7, 11) is 0. The molecule has 0 heterocycles. The monoisotopic (exact) mass is 378 g/mol. The molecule has 138 valence electrons. The molecule has 0 fully saturated rings. The first kappa shape index (κ1) is 19.8. The Morgan fingerprint density at radius 1 is 0.923 bits per heavy atom. The first-order valence-corrected chi connectivity index (χ1v) is 8.40. The number of benzene rings is 2. The lowest BCUT2D eigenvalue weighted by atomic mass is 10.2. The minimum absolute atomic E-state index is 0.186. The fraction of sp³-hybridized carbons (Fsp3) is 0.263. The Bertz CT molecular complexity index is 712. The van der Waals surface area contributed by atoms with Gasteiger partial charge in [-0.3, -0.25) is 0 Å². The van der Waals surface area contributed by atoms with E-state index in [1.54, 1.807) is 24.3 Å². The maximum absolute atomic E-state index is 11.8. The van der Waals surface area contributed by atoms with Crippen molar-refractivity contribution in [3.8, 4) is 11.5 Å². The Kier molecular flexibility index (Phi) is 7.92. The van der Waals surface area contributed by atoms with Crippen molar-refractivity contribution in [3.05, 3.63) is 59.1 Å². The van der Waals surface area contributed by atoms with Crippen molar-refractivity contribution in [1.29, 1.82) is 0 Å². The van der Waals surface area contributed by atoms with Crippen LogP contribution in [0.5, 0.6) is 11.5 Å². The molecule has 6 nitrogen and oxygen atoms in total. The minimum atomic E-state index is -0.563. The summed E-state index contributed by atoms with van der Waals surface area (Å²) in [6.07, 6.45) is 0. The molecule has 0 bridgehead atoms. The van der Waals surface area contributed by atoms with Gasteiger partial charge in [0.25, 0.3) is 0 Å². The van der Waals surface area contributed by atoms with Crippen LogP contribution in [0.25, 0.3) is 0 Å². The second kappa shape index (κ2) is 10.4. The summed E-state index contributed by atoms with van der Waals surface area (Å²) in [6.45, 7) is 2.72. The standard InChI is InChI=1S/C19H19ClO6/c1-2-23-11-12-24-19(22)14-3-7-17(8-4-14)26-18(21)13-25-16-9-5-15(20)6-10-16/h3-10H,2,11-13H2,1H3. The second-order valence-corrected chi connectivity index (χ2v) is 5.51. The second-order valence-electron chi connectivity index (χ2n) is 5.07. The molecule has 2 aromatic rings. The van der Waals surface area contributed by atoms with Crippen molar-refractivity contribution in [2.24, 2.45) is 0 Å². The third-order valence-electron chi connectivity index (χ3n) is 3.16. The molecule has 26 heavy (non-hydrogen) atoms. The van der Waals surface area contributed by atoms with E-state index in [-0.39, 0.29) is 13.2 Å². The molecule has 7 heteroatoms. The Morgan fingerprint density at radius 3 is 2.23 bits per heavy atom. The van der Waals surface area contributed by atoms with E-state index in [0.29, 0.717) is 35.3 Å². The van der Waals surface area contributed by atoms with Gasteiger partial charge in [0.1, 0.15) is 18.1 Å². The summed E-state index contributed by atoms with van der Waals surface area (Å²) in [5, 5.41) is 0.580. The van der Waals surface area contributed by atoms with E-state index in [2.05, 4.69) is 0 Å². The lowest BCUT2D eigenvalue weighted by molar-refractivity contribution is -0.136. The predicted molar refractivity (Wildman–Crippen MR) is 95.8 cm³/mol. The van der Waals surface area contributed by atoms with Crippen molar-refractivity contribution in [3.63, 3.8) is 0 Å². The quantitative estimate of drug-likeness (QED) is 0.378. The highest BCUT2D eigenvalue weighted by Crippen LogP contribution is 2.16. The van der Waals surface area contributed by atoms with Crippen LogP contribution >= 0.6 is 11.6 Å². The molecule has 2 aromatic carbocycles. The van der Waals surface area contributed by atoms with E-state index in [1.807, 2.05) is 6.92 Å². The van der Waals surface area contributed by atoms with Gasteiger partial charge in [0, 0.05) is 11.6 Å². The molecule has 0 aliphatic carbocycles. The van der Waals surface area contributed by atoms with Crippen LogP contribution in [0.1, 0.15) is 17.3 Å². The van der Waals surface area contributed by atoms with Crippen LogP contribution in [0.15, 0.2) is 48.5 Å². The van der Waals surface area contributed by atoms with Crippen molar-refractivity contribution < 1.29 is 28.5 Å². The SMILES string of the molecule is CCOCCOC(=O)c1ccc(OC(=O)COc2ccc(Cl)cc2)cc1. The molecule has 0 saturated heterocycles. The van der Waals surface area contributed by atoms with Gasteiger partial charge < -0.3 is 18.9 Å². The van der Waals surface area contributed by atoms with Crippen LogP contribution < -0.4 is 9.47 Å². The van der Waals surface area contributed by atoms with Gasteiger partial charge in [0.15, 0.2) is 6.61 Å². The van der Waals surface area contributed by atoms with Crippen molar-refractivity contribution >= 4 is 23.5 Å². The van der Waals surface area contributed by atoms with Crippen molar-refractivity contribution in [2.75, 3.05) is 26.4 Å². The van der Waals surface area contributed by atoms with Crippen LogP contribution in [0, 0.1) is 0 Å². The number of hydrogen-bond acceptors (Lipinski definition) is 6. The molecule has 0 saturated carbocycles. The van der Waals surface area contributed by atoms with Crippen LogP contribution in [0.2, 0.25) is 5.02 Å². The van der Waals surface area contributed by atoms with E-state index in [4.69, 9.17) is 30.5 Å². The number of esters is 2. The van der Waals surface area contributed by atoms with E-state index in [0.717, 1.165) is 0 Å². The number of ether oxygens (including phenoxy) is 4. The zero-order valence-electron chi connectivity index (χ0n) is 14.3. The molecule has 0 aromatic heterocycles. The number of hydrogen-bond donors (Lipinski definition) is 0. The van der Waals surface area contributed by atoms with E-state index in [1.165, 1.54) is 24.3 Å². The third-order valence-corrected chi connectivity index (χ3v) is 3.41. The summed E-state index contributed by atoms with van der Waals surface area (Å²) in [5.74, 6) is -0.210. The molecule has 0 radical (unpaired) electrons. The smallest absolute Gasteiger partial charge is 0.349 e. The molecule has 0 amide bonds. The van der Waals surface area contributed by atoms with Gasteiger partial charge in [0.05, 0.1) is 12.2 Å². The number of halogens is 1. The molecule has 0 aliphatic heterocycles.